The van der Waals surface area contributed by atoms with E-state index in [4.69, 9.17) is 15.2 Å². The average Bonchev–Trinajstić information content (AvgIpc) is 3.03. The summed E-state index contributed by atoms with van der Waals surface area (Å²) in [7, 11) is 1.81. The standard InChI is InChI=1S/C18H19N3O4/c1-21(10-12-7-8-14-15(9-12)25-11-24-14)16(17(22)20-18(19)23)13-5-3-2-4-6-13/h2-9,16H,10-11H2,1H3,(H3,19,20,22,23)/t16-/m1/s1. The first-order chi connectivity index (χ1) is 12.0. The minimum atomic E-state index is -0.873. The van der Waals surface area contributed by atoms with Gasteiger partial charge >= 0.3 is 6.03 Å². The summed E-state index contributed by atoms with van der Waals surface area (Å²) in [6.07, 6.45) is 0. The number of imide groups is 1. The highest BCUT2D eigenvalue weighted by Crippen LogP contribution is 2.33. The summed E-state index contributed by atoms with van der Waals surface area (Å²) < 4.78 is 10.7. The van der Waals surface area contributed by atoms with Gasteiger partial charge in [-0.05, 0) is 30.3 Å². The molecule has 0 fully saturated rings. The number of ether oxygens (including phenoxy) is 2. The number of amides is 3. The van der Waals surface area contributed by atoms with Crippen molar-refractivity contribution in [3.05, 3.63) is 59.7 Å². The molecule has 0 saturated heterocycles. The molecule has 130 valence electrons. The fourth-order valence-electron chi connectivity index (χ4n) is 2.85. The van der Waals surface area contributed by atoms with Gasteiger partial charge in [0, 0.05) is 6.54 Å². The van der Waals surface area contributed by atoms with Gasteiger partial charge in [-0.2, -0.15) is 0 Å². The molecule has 1 atom stereocenters. The normalized spacial score (nSPS) is 13.5. The molecule has 3 amide bonds. The lowest BCUT2D eigenvalue weighted by Crippen LogP contribution is -2.43. The highest BCUT2D eigenvalue weighted by molar-refractivity contribution is 5.96. The van der Waals surface area contributed by atoms with E-state index in [1.165, 1.54) is 0 Å². The SMILES string of the molecule is CN(Cc1ccc2c(c1)OCO2)[C@@H](C(=O)NC(N)=O)c1ccccc1. The molecule has 3 rings (SSSR count). The highest BCUT2D eigenvalue weighted by Gasteiger charge is 2.26. The van der Waals surface area contributed by atoms with E-state index in [1.807, 2.05) is 60.5 Å². The van der Waals surface area contributed by atoms with Gasteiger partial charge in [-0.1, -0.05) is 36.4 Å². The smallest absolute Gasteiger partial charge is 0.318 e. The van der Waals surface area contributed by atoms with Gasteiger partial charge in [0.2, 0.25) is 12.7 Å². The summed E-state index contributed by atoms with van der Waals surface area (Å²) in [5, 5.41) is 2.16. The molecule has 1 aliphatic rings. The number of benzene rings is 2. The van der Waals surface area contributed by atoms with Crippen LogP contribution < -0.4 is 20.5 Å². The number of hydrogen-bond acceptors (Lipinski definition) is 5. The number of primary amides is 1. The van der Waals surface area contributed by atoms with Crippen molar-refractivity contribution < 1.29 is 19.1 Å². The van der Waals surface area contributed by atoms with Crippen molar-refractivity contribution in [2.24, 2.45) is 5.73 Å². The number of fused-ring (bicyclic) bond motifs is 1. The topological polar surface area (TPSA) is 93.9 Å². The summed E-state index contributed by atoms with van der Waals surface area (Å²) in [5.41, 5.74) is 6.83. The first-order valence-electron chi connectivity index (χ1n) is 7.78. The number of nitrogens with one attached hydrogen (secondary N) is 1. The molecule has 7 heteroatoms. The van der Waals surface area contributed by atoms with Crippen molar-refractivity contribution in [2.45, 2.75) is 12.6 Å². The van der Waals surface area contributed by atoms with Crippen molar-refractivity contribution in [1.29, 1.82) is 0 Å². The van der Waals surface area contributed by atoms with Crippen LogP contribution in [-0.2, 0) is 11.3 Å². The maximum atomic E-state index is 12.5. The Hall–Kier alpha value is -3.06. The molecule has 0 aromatic heterocycles. The second-order valence-corrected chi connectivity index (χ2v) is 5.77. The third-order valence-electron chi connectivity index (χ3n) is 3.92. The van der Waals surface area contributed by atoms with Crippen molar-refractivity contribution >= 4 is 11.9 Å². The van der Waals surface area contributed by atoms with Crippen LogP contribution in [0.3, 0.4) is 0 Å². The third kappa shape index (κ3) is 3.89. The second-order valence-electron chi connectivity index (χ2n) is 5.77. The molecule has 0 bridgehead atoms. The first-order valence-corrected chi connectivity index (χ1v) is 7.78. The predicted molar refractivity (Wildman–Crippen MR) is 90.9 cm³/mol. The maximum Gasteiger partial charge on any atom is 0.318 e. The Morgan fingerprint density at radius 3 is 2.60 bits per heavy atom. The zero-order valence-electron chi connectivity index (χ0n) is 13.8. The van der Waals surface area contributed by atoms with Gasteiger partial charge in [0.1, 0.15) is 6.04 Å². The molecule has 3 N–H and O–H groups in total. The molecule has 1 heterocycles. The van der Waals surface area contributed by atoms with Gasteiger partial charge in [0.15, 0.2) is 11.5 Å². The largest absolute Gasteiger partial charge is 0.454 e. The Morgan fingerprint density at radius 2 is 1.88 bits per heavy atom. The van der Waals surface area contributed by atoms with E-state index in [2.05, 4.69) is 5.32 Å². The van der Waals surface area contributed by atoms with Crippen LogP contribution in [0.2, 0.25) is 0 Å². The lowest BCUT2D eigenvalue weighted by molar-refractivity contribution is -0.125. The zero-order chi connectivity index (χ0) is 17.8. The number of hydrogen-bond donors (Lipinski definition) is 2. The minimum absolute atomic E-state index is 0.211. The van der Waals surface area contributed by atoms with E-state index in [-0.39, 0.29) is 6.79 Å². The van der Waals surface area contributed by atoms with Crippen LogP contribution in [0.15, 0.2) is 48.5 Å². The van der Waals surface area contributed by atoms with Gasteiger partial charge in [-0.25, -0.2) is 4.79 Å². The van der Waals surface area contributed by atoms with E-state index in [0.29, 0.717) is 18.0 Å². The summed E-state index contributed by atoms with van der Waals surface area (Å²) in [6, 6.07) is 13.3. The number of nitrogens with zero attached hydrogens (tertiary/aromatic N) is 1. The van der Waals surface area contributed by atoms with Crippen molar-refractivity contribution in [2.75, 3.05) is 13.8 Å². The van der Waals surface area contributed by atoms with Crippen LogP contribution in [0.5, 0.6) is 11.5 Å². The predicted octanol–water partition coefficient (Wildman–Crippen LogP) is 1.78. The highest BCUT2D eigenvalue weighted by atomic mass is 16.7. The lowest BCUT2D eigenvalue weighted by atomic mass is 10.0. The van der Waals surface area contributed by atoms with Crippen LogP contribution in [0.4, 0.5) is 4.79 Å². The molecular formula is C18H19N3O4. The Labute approximate surface area is 145 Å². The molecule has 0 unspecified atom stereocenters. The summed E-state index contributed by atoms with van der Waals surface area (Å²) >= 11 is 0. The van der Waals surface area contributed by atoms with Gasteiger partial charge in [-0.15, -0.1) is 0 Å². The first kappa shape index (κ1) is 16.8. The average molecular weight is 341 g/mol. The number of rotatable bonds is 5. The number of carbonyl (C=O) groups excluding carboxylic acids is 2. The quantitative estimate of drug-likeness (QED) is 0.865. The van der Waals surface area contributed by atoms with Gasteiger partial charge in [0.25, 0.3) is 0 Å². The van der Waals surface area contributed by atoms with E-state index < -0.39 is 18.0 Å². The molecule has 0 aliphatic carbocycles. The third-order valence-corrected chi connectivity index (χ3v) is 3.92. The van der Waals surface area contributed by atoms with E-state index in [0.717, 1.165) is 11.1 Å². The van der Waals surface area contributed by atoms with Crippen molar-refractivity contribution in [3.63, 3.8) is 0 Å². The fourth-order valence-corrected chi connectivity index (χ4v) is 2.85. The molecule has 0 radical (unpaired) electrons. The maximum absolute atomic E-state index is 12.5. The number of urea groups is 1. The van der Waals surface area contributed by atoms with E-state index >= 15 is 0 Å². The fraction of sp³-hybridized carbons (Fsp3) is 0.222. The molecule has 2 aromatic carbocycles. The van der Waals surface area contributed by atoms with Gasteiger partial charge in [0.05, 0.1) is 0 Å². The van der Waals surface area contributed by atoms with Crippen LogP contribution in [0.1, 0.15) is 17.2 Å². The Balaban J connectivity index is 1.82. The lowest BCUT2D eigenvalue weighted by Gasteiger charge is -2.27. The van der Waals surface area contributed by atoms with Crippen molar-refractivity contribution in [1.82, 2.24) is 10.2 Å². The summed E-state index contributed by atoms with van der Waals surface area (Å²) in [6.45, 7) is 0.685. The minimum Gasteiger partial charge on any atom is -0.454 e. The molecule has 1 aliphatic heterocycles. The van der Waals surface area contributed by atoms with Crippen molar-refractivity contribution in [3.8, 4) is 11.5 Å². The summed E-state index contributed by atoms with van der Waals surface area (Å²) in [4.78, 5) is 25.4. The summed E-state index contributed by atoms with van der Waals surface area (Å²) in [5.74, 6) is 0.920. The molecule has 25 heavy (non-hydrogen) atoms. The number of nitrogens with two attached hydrogens (primary N) is 1. The molecular weight excluding hydrogens is 322 g/mol. The Kier molecular flexibility index (Phi) is 4.85. The van der Waals surface area contributed by atoms with Gasteiger partial charge < -0.3 is 15.2 Å². The zero-order valence-corrected chi connectivity index (χ0v) is 13.8. The van der Waals surface area contributed by atoms with E-state index in [1.54, 1.807) is 0 Å². The van der Waals surface area contributed by atoms with Gasteiger partial charge in [-0.3, -0.25) is 15.0 Å². The van der Waals surface area contributed by atoms with Crippen LogP contribution in [0, 0.1) is 0 Å². The van der Waals surface area contributed by atoms with Crippen LogP contribution in [-0.4, -0.2) is 30.7 Å². The van der Waals surface area contributed by atoms with Crippen LogP contribution >= 0.6 is 0 Å². The number of carbonyl (C=O) groups is 2. The van der Waals surface area contributed by atoms with Crippen LogP contribution in [0.25, 0.3) is 0 Å². The molecule has 7 nitrogen and oxygen atoms in total. The monoisotopic (exact) mass is 341 g/mol. The Bertz CT molecular complexity index is 779. The van der Waals surface area contributed by atoms with E-state index in [9.17, 15) is 9.59 Å². The Morgan fingerprint density at radius 1 is 1.16 bits per heavy atom. The molecule has 0 saturated carbocycles. The molecule has 2 aromatic rings. The molecule has 0 spiro atoms. The number of likely N-dealkylation sites (N-methyl/N-ethyl adjacent to an activating group) is 1. The second kappa shape index (κ2) is 7.23.